The van der Waals surface area contributed by atoms with E-state index in [4.69, 9.17) is 11.2 Å². The summed E-state index contributed by atoms with van der Waals surface area (Å²) in [5.74, 6) is 1.56. The van der Waals surface area contributed by atoms with Crippen LogP contribution in [0, 0.1) is 25.1 Å². The fourth-order valence-electron chi connectivity index (χ4n) is 3.24. The molecule has 1 aromatic heterocycles. The zero-order valence-corrected chi connectivity index (χ0v) is 17.9. The number of nitrogens with zero attached hydrogens (tertiary/aromatic N) is 2. The van der Waals surface area contributed by atoms with E-state index in [1.165, 1.54) is 15.5 Å². The molecule has 0 unspecified atom stereocenters. The number of terminal acetylenes is 1. The monoisotopic (exact) mass is 418 g/mol. The Morgan fingerprint density at radius 1 is 1.19 bits per heavy atom. The van der Waals surface area contributed by atoms with Gasteiger partial charge in [0.25, 0.3) is 5.56 Å². The van der Waals surface area contributed by atoms with E-state index in [9.17, 15) is 14.0 Å². The number of aryl methyl sites for hydroxylation is 3. The molecule has 0 aliphatic rings. The van der Waals surface area contributed by atoms with Crippen LogP contribution >= 0.6 is 0 Å². The van der Waals surface area contributed by atoms with E-state index in [-0.39, 0.29) is 11.3 Å². The SMILES string of the molecule is C#CC(=O)N(C)c1ccc(Oc2ccc(C)cc2F)c(-c2cc(CC)c(=O)n(C)c2)c1. The van der Waals surface area contributed by atoms with Crippen molar-refractivity contribution in [1.82, 2.24) is 4.57 Å². The summed E-state index contributed by atoms with van der Waals surface area (Å²) in [4.78, 5) is 25.7. The van der Waals surface area contributed by atoms with Crippen LogP contribution in [0.2, 0.25) is 0 Å². The summed E-state index contributed by atoms with van der Waals surface area (Å²) < 4.78 is 21.8. The largest absolute Gasteiger partial charge is 0.454 e. The van der Waals surface area contributed by atoms with Crippen molar-refractivity contribution in [2.75, 3.05) is 11.9 Å². The summed E-state index contributed by atoms with van der Waals surface area (Å²) in [7, 11) is 3.24. The van der Waals surface area contributed by atoms with Gasteiger partial charge >= 0.3 is 5.91 Å². The maximum absolute atomic E-state index is 14.4. The molecule has 0 saturated heterocycles. The molecule has 0 radical (unpaired) electrons. The van der Waals surface area contributed by atoms with E-state index in [2.05, 4.69) is 5.92 Å². The van der Waals surface area contributed by atoms with Crippen molar-refractivity contribution in [3.63, 3.8) is 0 Å². The lowest BCUT2D eigenvalue weighted by Crippen LogP contribution is -2.24. The van der Waals surface area contributed by atoms with Crippen molar-refractivity contribution in [1.29, 1.82) is 0 Å². The lowest BCUT2D eigenvalue weighted by Gasteiger charge is -2.19. The zero-order valence-electron chi connectivity index (χ0n) is 17.9. The molecule has 3 rings (SSSR count). The van der Waals surface area contributed by atoms with E-state index in [1.807, 2.05) is 6.92 Å². The first kappa shape index (κ1) is 21.8. The molecule has 6 heteroatoms. The zero-order chi connectivity index (χ0) is 22.7. The third-order valence-corrected chi connectivity index (χ3v) is 5.04. The molecule has 0 aliphatic heterocycles. The van der Waals surface area contributed by atoms with E-state index in [0.29, 0.717) is 34.5 Å². The number of rotatable bonds is 5. The van der Waals surface area contributed by atoms with Gasteiger partial charge in [0.1, 0.15) is 5.75 Å². The minimum absolute atomic E-state index is 0.0770. The third kappa shape index (κ3) is 4.51. The second kappa shape index (κ2) is 8.88. The fraction of sp³-hybridized carbons (Fsp3) is 0.200. The lowest BCUT2D eigenvalue weighted by atomic mass is 10.0. The average Bonchev–Trinajstić information content (AvgIpc) is 2.76. The van der Waals surface area contributed by atoms with E-state index in [0.717, 1.165) is 5.56 Å². The summed E-state index contributed by atoms with van der Waals surface area (Å²) in [5, 5.41) is 0. The van der Waals surface area contributed by atoms with Crippen molar-refractivity contribution in [2.45, 2.75) is 20.3 Å². The van der Waals surface area contributed by atoms with E-state index < -0.39 is 11.7 Å². The Bertz CT molecular complexity index is 1250. The number of ether oxygens (including phenoxy) is 1. The number of benzene rings is 2. The van der Waals surface area contributed by atoms with Gasteiger partial charge in [0.05, 0.1) is 0 Å². The second-order valence-corrected chi connectivity index (χ2v) is 7.25. The van der Waals surface area contributed by atoms with Crippen LogP contribution < -0.4 is 15.2 Å². The topological polar surface area (TPSA) is 51.5 Å². The van der Waals surface area contributed by atoms with Crippen molar-refractivity contribution < 1.29 is 13.9 Å². The van der Waals surface area contributed by atoms with Gasteiger partial charge < -0.3 is 14.2 Å². The Morgan fingerprint density at radius 2 is 1.90 bits per heavy atom. The molecule has 2 aromatic carbocycles. The van der Waals surface area contributed by atoms with Crippen LogP contribution in [0.4, 0.5) is 10.1 Å². The van der Waals surface area contributed by atoms with Gasteiger partial charge in [-0.25, -0.2) is 4.39 Å². The Morgan fingerprint density at radius 3 is 2.55 bits per heavy atom. The van der Waals surface area contributed by atoms with Crippen molar-refractivity contribution >= 4 is 11.6 Å². The molecule has 1 heterocycles. The van der Waals surface area contributed by atoms with Crippen LogP contribution in [-0.4, -0.2) is 17.5 Å². The van der Waals surface area contributed by atoms with Gasteiger partial charge in [-0.15, -0.1) is 6.42 Å². The fourth-order valence-corrected chi connectivity index (χ4v) is 3.24. The summed E-state index contributed by atoms with van der Waals surface area (Å²) in [6.07, 6.45) is 7.49. The molecule has 158 valence electrons. The summed E-state index contributed by atoms with van der Waals surface area (Å²) in [6, 6.07) is 11.6. The molecule has 5 nitrogen and oxygen atoms in total. The predicted molar refractivity (Wildman–Crippen MR) is 120 cm³/mol. The van der Waals surface area contributed by atoms with Crippen molar-refractivity contribution in [3.05, 3.63) is 76.0 Å². The highest BCUT2D eigenvalue weighted by Crippen LogP contribution is 2.37. The van der Waals surface area contributed by atoms with Gasteiger partial charge in [-0.3, -0.25) is 9.59 Å². The number of amides is 1. The van der Waals surface area contributed by atoms with Crippen LogP contribution in [-0.2, 0) is 18.3 Å². The van der Waals surface area contributed by atoms with Gasteiger partial charge in [-0.2, -0.15) is 0 Å². The molecule has 0 bridgehead atoms. The first-order valence-electron chi connectivity index (χ1n) is 9.77. The Labute approximate surface area is 180 Å². The lowest BCUT2D eigenvalue weighted by molar-refractivity contribution is -0.113. The summed E-state index contributed by atoms with van der Waals surface area (Å²) >= 11 is 0. The Kier molecular flexibility index (Phi) is 6.26. The van der Waals surface area contributed by atoms with Crippen molar-refractivity contribution in [2.24, 2.45) is 7.05 Å². The van der Waals surface area contributed by atoms with Gasteiger partial charge in [0.2, 0.25) is 0 Å². The van der Waals surface area contributed by atoms with E-state index in [1.54, 1.807) is 63.6 Å². The maximum Gasteiger partial charge on any atom is 0.302 e. The molecule has 0 saturated carbocycles. The van der Waals surface area contributed by atoms with Gasteiger partial charge in [-0.1, -0.05) is 13.0 Å². The predicted octanol–water partition coefficient (Wildman–Crippen LogP) is 4.45. The van der Waals surface area contributed by atoms with Crippen molar-refractivity contribution in [3.8, 4) is 35.0 Å². The molecular formula is C25H23FN2O3. The number of carbonyl (C=O) groups is 1. The number of hydrogen-bond donors (Lipinski definition) is 0. The first-order chi connectivity index (χ1) is 14.7. The normalized spacial score (nSPS) is 10.5. The second-order valence-electron chi connectivity index (χ2n) is 7.25. The highest BCUT2D eigenvalue weighted by atomic mass is 19.1. The number of carbonyl (C=O) groups excluding carboxylic acids is 1. The summed E-state index contributed by atoms with van der Waals surface area (Å²) in [6.45, 7) is 3.69. The minimum Gasteiger partial charge on any atom is -0.454 e. The molecule has 1 amide bonds. The molecule has 3 aromatic rings. The standard InChI is InChI=1S/C25H23FN2O3/c1-6-17-13-18(15-27(4)25(17)30)20-14-19(28(5)24(29)7-2)9-11-22(20)31-23-10-8-16(3)12-21(23)26/h2,8-15H,6H2,1,3-5H3. The third-order valence-electron chi connectivity index (χ3n) is 5.04. The van der Waals surface area contributed by atoms with Gasteiger partial charge in [-0.05, 0) is 61.2 Å². The Balaban J connectivity index is 2.19. The van der Waals surface area contributed by atoms with Crippen LogP contribution in [0.5, 0.6) is 11.5 Å². The summed E-state index contributed by atoms with van der Waals surface area (Å²) in [5.41, 5.74) is 3.16. The molecule has 0 atom stereocenters. The number of pyridine rings is 1. The quantitative estimate of drug-likeness (QED) is 0.575. The highest BCUT2D eigenvalue weighted by molar-refractivity contribution is 6.05. The van der Waals surface area contributed by atoms with Crippen LogP contribution in [0.15, 0.2) is 53.5 Å². The molecule has 0 spiro atoms. The molecule has 0 aliphatic carbocycles. The van der Waals surface area contributed by atoms with Crippen LogP contribution in [0.3, 0.4) is 0 Å². The Hall–Kier alpha value is -3.85. The number of halogens is 1. The minimum atomic E-state index is -0.501. The molecule has 0 N–H and O–H groups in total. The smallest absolute Gasteiger partial charge is 0.302 e. The number of aromatic nitrogens is 1. The molecule has 0 fully saturated rings. The van der Waals surface area contributed by atoms with Crippen LogP contribution in [0.25, 0.3) is 11.1 Å². The molecule has 31 heavy (non-hydrogen) atoms. The number of anilines is 1. The first-order valence-corrected chi connectivity index (χ1v) is 9.77. The highest BCUT2D eigenvalue weighted by Gasteiger charge is 2.16. The van der Waals surface area contributed by atoms with Gasteiger partial charge in [0.15, 0.2) is 11.6 Å². The maximum atomic E-state index is 14.4. The average molecular weight is 418 g/mol. The van der Waals surface area contributed by atoms with Gasteiger partial charge in [0, 0.05) is 42.7 Å². The number of hydrogen-bond acceptors (Lipinski definition) is 3. The van der Waals surface area contributed by atoms with E-state index >= 15 is 0 Å². The van der Waals surface area contributed by atoms with Crippen LogP contribution in [0.1, 0.15) is 18.1 Å². The molecular weight excluding hydrogens is 395 g/mol.